The van der Waals surface area contributed by atoms with Crippen LogP contribution in [0.15, 0.2) is 16.8 Å². The molecule has 1 N–H and O–H groups in total. The maximum Gasteiger partial charge on any atom is 0.138 e. The monoisotopic (exact) mass is 234 g/mol. The van der Waals surface area contributed by atoms with Crippen molar-refractivity contribution in [1.29, 1.82) is 0 Å². The fourth-order valence-electron chi connectivity index (χ4n) is 1.83. The van der Waals surface area contributed by atoms with Crippen LogP contribution in [-0.4, -0.2) is 21.5 Å². The highest BCUT2D eigenvalue weighted by Crippen LogP contribution is 2.11. The van der Waals surface area contributed by atoms with Gasteiger partial charge in [0.2, 0.25) is 0 Å². The molecule has 0 saturated carbocycles. The fourth-order valence-corrected chi connectivity index (χ4v) is 1.83. The Hall–Kier alpha value is -1.62. The van der Waals surface area contributed by atoms with E-state index in [-0.39, 0.29) is 0 Å². The second-order valence-corrected chi connectivity index (χ2v) is 4.18. The molecule has 5 heteroatoms. The molecule has 5 nitrogen and oxygen atoms in total. The van der Waals surface area contributed by atoms with Crippen molar-refractivity contribution in [3.05, 3.63) is 35.0 Å². The molecule has 2 rings (SSSR count). The Morgan fingerprint density at radius 3 is 2.82 bits per heavy atom. The molecule has 0 aromatic carbocycles. The number of aromatic nitrogens is 3. The molecule has 2 aromatic heterocycles. The van der Waals surface area contributed by atoms with Crippen molar-refractivity contribution >= 4 is 0 Å². The minimum Gasteiger partial charge on any atom is -0.361 e. The van der Waals surface area contributed by atoms with Crippen LogP contribution in [-0.2, 0) is 20.0 Å². The van der Waals surface area contributed by atoms with E-state index in [1.54, 1.807) is 0 Å². The number of nitrogens with one attached hydrogen (secondary N) is 1. The van der Waals surface area contributed by atoms with Crippen LogP contribution < -0.4 is 5.32 Å². The molecule has 0 saturated heterocycles. The zero-order chi connectivity index (χ0) is 12.3. The maximum atomic E-state index is 5.11. The van der Waals surface area contributed by atoms with Gasteiger partial charge in [0.25, 0.3) is 0 Å². The quantitative estimate of drug-likeness (QED) is 0.794. The molecule has 0 fully saturated rings. The summed E-state index contributed by atoms with van der Waals surface area (Å²) in [6, 6.07) is 2.04. The van der Waals surface area contributed by atoms with Gasteiger partial charge in [0.1, 0.15) is 5.76 Å². The summed E-state index contributed by atoms with van der Waals surface area (Å²) in [5, 5.41) is 11.5. The second-order valence-electron chi connectivity index (χ2n) is 4.18. The van der Waals surface area contributed by atoms with Crippen LogP contribution in [0.4, 0.5) is 0 Å². The van der Waals surface area contributed by atoms with Gasteiger partial charge in [0.05, 0.1) is 5.69 Å². The Balaban J connectivity index is 1.79. The van der Waals surface area contributed by atoms with E-state index < -0.39 is 0 Å². The van der Waals surface area contributed by atoms with Gasteiger partial charge >= 0.3 is 0 Å². The minimum atomic E-state index is 0.805. The summed E-state index contributed by atoms with van der Waals surface area (Å²) in [5.74, 6) is 0.899. The first-order valence-corrected chi connectivity index (χ1v) is 5.78. The molecular formula is C12H18N4O. The zero-order valence-electron chi connectivity index (χ0n) is 10.5. The van der Waals surface area contributed by atoms with E-state index in [9.17, 15) is 0 Å². The van der Waals surface area contributed by atoms with E-state index in [1.807, 2.05) is 37.8 Å². The summed E-state index contributed by atoms with van der Waals surface area (Å²) in [4.78, 5) is 0. The van der Waals surface area contributed by atoms with Gasteiger partial charge in [0.15, 0.2) is 0 Å². The number of aryl methyl sites for hydroxylation is 3. The smallest absolute Gasteiger partial charge is 0.138 e. The SMILES string of the molecule is Cc1noc(C)c1CNCCc1ccnn1C. The summed E-state index contributed by atoms with van der Waals surface area (Å²) >= 11 is 0. The van der Waals surface area contributed by atoms with E-state index in [0.717, 1.165) is 36.5 Å². The van der Waals surface area contributed by atoms with Crippen molar-refractivity contribution in [2.75, 3.05) is 6.54 Å². The molecular weight excluding hydrogens is 216 g/mol. The highest BCUT2D eigenvalue weighted by atomic mass is 16.5. The minimum absolute atomic E-state index is 0.805. The first-order valence-electron chi connectivity index (χ1n) is 5.78. The topological polar surface area (TPSA) is 55.9 Å². The largest absolute Gasteiger partial charge is 0.361 e. The molecule has 0 aliphatic rings. The Morgan fingerprint density at radius 1 is 1.41 bits per heavy atom. The van der Waals surface area contributed by atoms with E-state index >= 15 is 0 Å². The third-order valence-corrected chi connectivity index (χ3v) is 2.96. The molecule has 0 bridgehead atoms. The molecule has 0 aliphatic carbocycles. The second kappa shape index (κ2) is 5.14. The van der Waals surface area contributed by atoms with Crippen molar-refractivity contribution < 1.29 is 4.52 Å². The third kappa shape index (κ3) is 2.74. The van der Waals surface area contributed by atoms with Gasteiger partial charge in [0, 0.05) is 44.0 Å². The molecule has 0 radical (unpaired) electrons. The number of hydrogen-bond acceptors (Lipinski definition) is 4. The van der Waals surface area contributed by atoms with Crippen LogP contribution in [0.5, 0.6) is 0 Å². The van der Waals surface area contributed by atoms with E-state index in [2.05, 4.69) is 15.6 Å². The lowest BCUT2D eigenvalue weighted by Gasteiger charge is -2.04. The summed E-state index contributed by atoms with van der Waals surface area (Å²) in [6.07, 6.45) is 2.80. The molecule has 2 heterocycles. The van der Waals surface area contributed by atoms with Gasteiger partial charge in [-0.25, -0.2) is 0 Å². The molecule has 0 unspecified atom stereocenters. The predicted molar refractivity (Wildman–Crippen MR) is 64.6 cm³/mol. The van der Waals surface area contributed by atoms with Crippen molar-refractivity contribution in [1.82, 2.24) is 20.3 Å². The molecule has 2 aromatic rings. The van der Waals surface area contributed by atoms with Crippen LogP contribution in [0.1, 0.15) is 22.7 Å². The Bertz CT molecular complexity index is 467. The predicted octanol–water partition coefficient (Wildman–Crippen LogP) is 1.36. The van der Waals surface area contributed by atoms with Crippen molar-refractivity contribution in [2.24, 2.45) is 7.05 Å². The summed E-state index contributed by atoms with van der Waals surface area (Å²) < 4.78 is 7.01. The van der Waals surface area contributed by atoms with Gasteiger partial charge in [-0.2, -0.15) is 5.10 Å². The Kier molecular flexibility index (Phi) is 3.58. The summed E-state index contributed by atoms with van der Waals surface area (Å²) in [7, 11) is 1.96. The van der Waals surface area contributed by atoms with Gasteiger partial charge in [-0.1, -0.05) is 5.16 Å². The first kappa shape index (κ1) is 11.9. The van der Waals surface area contributed by atoms with E-state index in [4.69, 9.17) is 4.52 Å². The lowest BCUT2D eigenvalue weighted by molar-refractivity contribution is 0.392. The van der Waals surface area contributed by atoms with Gasteiger partial charge in [-0.05, 0) is 19.9 Å². The summed E-state index contributed by atoms with van der Waals surface area (Å²) in [6.45, 7) is 5.63. The molecule has 0 aliphatic heterocycles. The van der Waals surface area contributed by atoms with Crippen molar-refractivity contribution in [2.45, 2.75) is 26.8 Å². The highest BCUT2D eigenvalue weighted by Gasteiger charge is 2.07. The first-order chi connectivity index (χ1) is 8.18. The number of hydrogen-bond donors (Lipinski definition) is 1. The van der Waals surface area contributed by atoms with Gasteiger partial charge < -0.3 is 9.84 Å². The van der Waals surface area contributed by atoms with Crippen LogP contribution in [0, 0.1) is 13.8 Å². The lowest BCUT2D eigenvalue weighted by atomic mass is 10.2. The highest BCUT2D eigenvalue weighted by molar-refractivity contribution is 5.20. The maximum absolute atomic E-state index is 5.11. The summed E-state index contributed by atoms with van der Waals surface area (Å²) in [5.41, 5.74) is 3.36. The van der Waals surface area contributed by atoms with E-state index in [0.29, 0.717) is 0 Å². The molecule has 0 atom stereocenters. The van der Waals surface area contributed by atoms with Gasteiger partial charge in [-0.15, -0.1) is 0 Å². The average molecular weight is 234 g/mol. The van der Waals surface area contributed by atoms with Crippen LogP contribution in [0.2, 0.25) is 0 Å². The standard InChI is InChI=1S/C12H18N4O/c1-9-12(10(2)17-15-9)8-13-6-4-11-5-7-14-16(11)3/h5,7,13H,4,6,8H2,1-3H3. The molecule has 0 amide bonds. The molecule has 92 valence electrons. The van der Waals surface area contributed by atoms with Crippen molar-refractivity contribution in [3.63, 3.8) is 0 Å². The fraction of sp³-hybridized carbons (Fsp3) is 0.500. The lowest BCUT2D eigenvalue weighted by Crippen LogP contribution is -2.18. The molecule has 17 heavy (non-hydrogen) atoms. The third-order valence-electron chi connectivity index (χ3n) is 2.96. The number of rotatable bonds is 5. The van der Waals surface area contributed by atoms with Gasteiger partial charge in [-0.3, -0.25) is 4.68 Å². The Labute approximate surface area is 101 Å². The zero-order valence-corrected chi connectivity index (χ0v) is 10.5. The normalized spacial score (nSPS) is 11.0. The van der Waals surface area contributed by atoms with Crippen LogP contribution in [0.3, 0.4) is 0 Å². The van der Waals surface area contributed by atoms with E-state index in [1.165, 1.54) is 5.69 Å². The van der Waals surface area contributed by atoms with Crippen LogP contribution >= 0.6 is 0 Å². The Morgan fingerprint density at radius 2 is 2.24 bits per heavy atom. The number of nitrogens with zero attached hydrogens (tertiary/aromatic N) is 3. The van der Waals surface area contributed by atoms with Crippen LogP contribution in [0.25, 0.3) is 0 Å². The van der Waals surface area contributed by atoms with Crippen molar-refractivity contribution in [3.8, 4) is 0 Å². The average Bonchev–Trinajstić information content (AvgIpc) is 2.84. The molecule has 0 spiro atoms.